The number of hydrogen-bond donors (Lipinski definition) is 0. The van der Waals surface area contributed by atoms with Crippen molar-refractivity contribution in [2.24, 2.45) is 7.05 Å². The zero-order chi connectivity index (χ0) is 24.8. The smallest absolute Gasteiger partial charge is 0.219 e. The Labute approximate surface area is 208 Å². The zero-order valence-electron chi connectivity index (χ0n) is 19.9. The first-order chi connectivity index (χ1) is 17.5. The van der Waals surface area contributed by atoms with Crippen molar-refractivity contribution in [1.82, 2.24) is 0 Å². The van der Waals surface area contributed by atoms with Crippen molar-refractivity contribution in [2.45, 2.75) is 6.92 Å². The van der Waals surface area contributed by atoms with E-state index in [1.54, 1.807) is 6.20 Å². The van der Waals surface area contributed by atoms with Crippen LogP contribution in [-0.2, 0) is 7.05 Å². The molecule has 0 atom stereocenters. The molecule has 4 heteroatoms. The average Bonchev–Trinajstić information content (AvgIpc) is 3.28. The highest BCUT2D eigenvalue weighted by Crippen LogP contribution is 2.41. The number of rotatable bonds is 3. The highest BCUT2D eigenvalue weighted by molar-refractivity contribution is 6.13. The van der Waals surface area contributed by atoms with Gasteiger partial charge in [0.15, 0.2) is 6.20 Å². The van der Waals surface area contributed by atoms with Gasteiger partial charge in [-0.25, -0.2) is 8.96 Å². The van der Waals surface area contributed by atoms with Gasteiger partial charge in [-0.05, 0) is 41.3 Å². The molecule has 0 bridgehead atoms. The van der Waals surface area contributed by atoms with Crippen LogP contribution in [0, 0.1) is 24.1 Å². The monoisotopic (exact) mass is 469 g/mol. The fourth-order valence-corrected chi connectivity index (χ4v) is 4.90. The van der Waals surface area contributed by atoms with Gasteiger partial charge in [0.25, 0.3) is 0 Å². The highest BCUT2D eigenvalue weighted by Gasteiger charge is 2.23. The first kappa shape index (κ1) is 21.8. The number of aryl methyl sites for hydroxylation is 2. The van der Waals surface area contributed by atoms with Crippen LogP contribution in [0.1, 0.15) is 11.1 Å². The number of furan rings is 1. The summed E-state index contributed by atoms with van der Waals surface area (Å²) in [6.45, 7) is 2.00. The van der Waals surface area contributed by atoms with Crippen LogP contribution in [0.15, 0.2) is 102 Å². The van der Waals surface area contributed by atoms with E-state index in [2.05, 4.69) is 42.5 Å². The Bertz CT molecular complexity index is 1810. The largest absolute Gasteiger partial charge is 0.454 e. The topological polar surface area (TPSA) is 40.8 Å². The number of nitrogens with zero attached hydrogens (tertiary/aromatic N) is 2. The van der Waals surface area contributed by atoms with Gasteiger partial charge in [0.2, 0.25) is 5.69 Å². The summed E-state index contributed by atoms with van der Waals surface area (Å²) in [6.07, 6.45) is 1.71. The van der Waals surface area contributed by atoms with E-state index in [0.29, 0.717) is 16.7 Å². The number of halogens is 1. The molecule has 0 aliphatic rings. The molecule has 0 spiro atoms. The molecule has 0 amide bonds. The highest BCUT2D eigenvalue weighted by atomic mass is 19.1. The van der Waals surface area contributed by atoms with Crippen molar-refractivity contribution in [1.29, 1.82) is 5.26 Å². The molecule has 0 unspecified atom stereocenters. The third-order valence-electron chi connectivity index (χ3n) is 6.75. The van der Waals surface area contributed by atoms with Crippen molar-refractivity contribution in [3.63, 3.8) is 0 Å². The summed E-state index contributed by atoms with van der Waals surface area (Å²) in [4.78, 5) is 0. The second kappa shape index (κ2) is 8.48. The molecule has 0 fully saturated rings. The van der Waals surface area contributed by atoms with Crippen molar-refractivity contribution in [2.75, 3.05) is 0 Å². The maximum Gasteiger partial charge on any atom is 0.219 e. The van der Waals surface area contributed by atoms with E-state index in [9.17, 15) is 9.65 Å². The summed E-state index contributed by atoms with van der Waals surface area (Å²) in [6, 6.07) is 31.5. The fraction of sp³-hybridized carbons (Fsp3) is 0.0625. The third kappa shape index (κ3) is 3.54. The van der Waals surface area contributed by atoms with Gasteiger partial charge in [-0.2, -0.15) is 5.26 Å². The SMILES string of the molecule is Cc1ccc2c(oc3c(-c4ccc(-c5ccccc5)cc4)cc(C#N)cc32)c1-c1cc(F)cc[n+]1C. The van der Waals surface area contributed by atoms with Gasteiger partial charge >= 0.3 is 0 Å². The number of pyridine rings is 1. The summed E-state index contributed by atoms with van der Waals surface area (Å²) >= 11 is 0. The molecule has 0 aliphatic heterocycles. The molecule has 6 rings (SSSR count). The van der Waals surface area contributed by atoms with Crippen molar-refractivity contribution in [3.05, 3.63) is 114 Å². The van der Waals surface area contributed by atoms with E-state index in [4.69, 9.17) is 4.42 Å². The molecule has 0 N–H and O–H groups in total. The fourth-order valence-electron chi connectivity index (χ4n) is 4.90. The molecule has 3 nitrogen and oxygen atoms in total. The first-order valence-electron chi connectivity index (χ1n) is 11.7. The van der Waals surface area contributed by atoms with Crippen LogP contribution in [0.2, 0.25) is 0 Å². The zero-order valence-corrected chi connectivity index (χ0v) is 19.9. The lowest BCUT2D eigenvalue weighted by atomic mass is 9.96. The van der Waals surface area contributed by atoms with E-state index < -0.39 is 0 Å². The Morgan fingerprint density at radius 2 is 1.50 bits per heavy atom. The van der Waals surface area contributed by atoms with Gasteiger partial charge in [0, 0.05) is 28.5 Å². The molecule has 36 heavy (non-hydrogen) atoms. The number of hydrogen-bond acceptors (Lipinski definition) is 2. The van der Waals surface area contributed by atoms with E-state index in [1.165, 1.54) is 12.1 Å². The summed E-state index contributed by atoms with van der Waals surface area (Å²) in [5, 5.41) is 11.6. The van der Waals surface area contributed by atoms with Gasteiger partial charge in [-0.15, -0.1) is 0 Å². The summed E-state index contributed by atoms with van der Waals surface area (Å²) in [7, 11) is 1.89. The van der Waals surface area contributed by atoms with Crippen LogP contribution in [0.3, 0.4) is 0 Å². The Morgan fingerprint density at radius 1 is 0.778 bits per heavy atom. The molecule has 0 saturated carbocycles. The lowest BCUT2D eigenvalue weighted by Crippen LogP contribution is -2.30. The lowest BCUT2D eigenvalue weighted by Gasteiger charge is -2.06. The van der Waals surface area contributed by atoms with Crippen LogP contribution in [-0.4, -0.2) is 0 Å². The molecule has 2 aromatic heterocycles. The number of aromatic nitrogens is 1. The summed E-state index contributed by atoms with van der Waals surface area (Å²) in [5.74, 6) is -0.304. The van der Waals surface area contributed by atoms with Crippen molar-refractivity contribution in [3.8, 4) is 39.6 Å². The number of benzene rings is 4. The van der Waals surface area contributed by atoms with Crippen LogP contribution in [0.25, 0.3) is 55.4 Å². The average molecular weight is 470 g/mol. The number of nitriles is 1. The van der Waals surface area contributed by atoms with E-state index in [1.807, 2.05) is 61.0 Å². The molecule has 0 radical (unpaired) electrons. The Hall–Kier alpha value is -4.75. The number of fused-ring (bicyclic) bond motifs is 3. The van der Waals surface area contributed by atoms with E-state index in [-0.39, 0.29) is 5.82 Å². The minimum atomic E-state index is -0.304. The van der Waals surface area contributed by atoms with Crippen LogP contribution in [0.5, 0.6) is 0 Å². The minimum Gasteiger partial charge on any atom is -0.454 e. The van der Waals surface area contributed by atoms with Crippen molar-refractivity contribution >= 4 is 21.9 Å². The molecule has 0 aliphatic carbocycles. The third-order valence-corrected chi connectivity index (χ3v) is 6.75. The second-order valence-electron chi connectivity index (χ2n) is 9.03. The van der Waals surface area contributed by atoms with E-state index in [0.717, 1.165) is 49.8 Å². The van der Waals surface area contributed by atoms with E-state index >= 15 is 0 Å². The van der Waals surface area contributed by atoms with Gasteiger partial charge in [-0.3, -0.25) is 0 Å². The molecule has 4 aromatic carbocycles. The quantitative estimate of drug-likeness (QED) is 0.249. The van der Waals surface area contributed by atoms with Crippen LogP contribution < -0.4 is 4.57 Å². The van der Waals surface area contributed by atoms with Gasteiger partial charge < -0.3 is 4.42 Å². The molecule has 0 saturated heterocycles. The van der Waals surface area contributed by atoms with Crippen LogP contribution >= 0.6 is 0 Å². The Morgan fingerprint density at radius 3 is 2.25 bits per heavy atom. The summed E-state index contributed by atoms with van der Waals surface area (Å²) in [5.41, 5.74) is 8.59. The standard InChI is InChI=1S/C32H22FN2O/c1-20-8-13-26-28-17-21(19-34)16-27(24-11-9-23(10-12-24)22-6-4-3-5-7-22)31(28)36-32(26)30(20)29-18-25(33)14-15-35(29)2/h3-18H,1-2H3/q+1. The maximum absolute atomic E-state index is 14.2. The van der Waals surface area contributed by atoms with Gasteiger partial charge in [0.1, 0.15) is 24.0 Å². The van der Waals surface area contributed by atoms with Crippen molar-refractivity contribution < 1.29 is 13.4 Å². The minimum absolute atomic E-state index is 0.304. The maximum atomic E-state index is 14.2. The van der Waals surface area contributed by atoms with Crippen LogP contribution in [0.4, 0.5) is 4.39 Å². The Kier molecular flexibility index (Phi) is 5.13. The first-order valence-corrected chi connectivity index (χ1v) is 11.7. The lowest BCUT2D eigenvalue weighted by molar-refractivity contribution is -0.660. The molecular weight excluding hydrogens is 447 g/mol. The molecule has 6 aromatic rings. The van der Waals surface area contributed by atoms with Gasteiger partial charge in [-0.1, -0.05) is 66.7 Å². The molecular formula is C32H22FN2O+. The molecule has 172 valence electrons. The summed E-state index contributed by atoms with van der Waals surface area (Å²) < 4.78 is 22.7. The van der Waals surface area contributed by atoms with Gasteiger partial charge in [0.05, 0.1) is 17.2 Å². The predicted octanol–water partition coefficient (Wildman–Crippen LogP) is 7.73. The normalized spacial score (nSPS) is 11.2. The Balaban J connectivity index is 1.61. The molecule has 2 heterocycles. The second-order valence-corrected chi connectivity index (χ2v) is 9.03. The predicted molar refractivity (Wildman–Crippen MR) is 141 cm³/mol.